The molecule has 0 N–H and O–H groups in total. The van der Waals surface area contributed by atoms with Crippen molar-refractivity contribution in [3.05, 3.63) is 35.9 Å². The summed E-state index contributed by atoms with van der Waals surface area (Å²) >= 11 is 6.09. The quantitative estimate of drug-likeness (QED) is 0.583. The molecule has 1 aromatic rings. The molecule has 0 radical (unpaired) electrons. The van der Waals surface area contributed by atoms with E-state index in [9.17, 15) is 0 Å². The number of rotatable bonds is 2. The van der Waals surface area contributed by atoms with Crippen molar-refractivity contribution in [2.75, 3.05) is 5.75 Å². The Bertz CT molecular complexity index is 308. The molecule has 0 amide bonds. The van der Waals surface area contributed by atoms with Crippen LogP contribution in [0.15, 0.2) is 34.7 Å². The van der Waals surface area contributed by atoms with Gasteiger partial charge < -0.3 is 0 Å². The van der Waals surface area contributed by atoms with E-state index in [2.05, 4.69) is 41.3 Å². The molecule has 2 rings (SSSR count). The second-order valence-electron chi connectivity index (χ2n) is 3.06. The fraction of sp³-hybridized carbons (Fsp3) is 0.300. The number of hydrogen-bond donors (Lipinski definition) is 1. The van der Waals surface area contributed by atoms with Gasteiger partial charge in [-0.3, -0.25) is 0 Å². The Labute approximate surface area is 88.2 Å². The number of thiol groups is 1. The average Bonchev–Trinajstić information content (AvgIpc) is 2.54. The average molecular weight is 209 g/mol. The highest BCUT2D eigenvalue weighted by molar-refractivity contribution is 7.99. The first-order valence-electron chi connectivity index (χ1n) is 4.27. The van der Waals surface area contributed by atoms with Crippen LogP contribution in [0.5, 0.6) is 0 Å². The lowest BCUT2D eigenvalue weighted by atomic mass is 10.1. The molecule has 1 aliphatic rings. The van der Waals surface area contributed by atoms with Crippen molar-refractivity contribution in [3.8, 4) is 0 Å². The van der Waals surface area contributed by atoms with Crippen molar-refractivity contribution in [3.63, 3.8) is 0 Å². The zero-order chi connectivity index (χ0) is 9.10. The Morgan fingerprint density at radius 1 is 1.38 bits per heavy atom. The molecular weight excluding hydrogens is 198 g/mol. The third kappa shape index (κ3) is 2.29. The van der Waals surface area contributed by atoms with Crippen LogP contribution in [0, 0.1) is 0 Å². The van der Waals surface area contributed by atoms with Gasteiger partial charge in [0.05, 0.1) is 5.25 Å². The highest BCUT2D eigenvalue weighted by Crippen LogP contribution is 2.22. The van der Waals surface area contributed by atoms with E-state index < -0.39 is 0 Å². The number of hydrogen-bond acceptors (Lipinski definition) is 3. The molecular formula is C10H11NS2. The summed E-state index contributed by atoms with van der Waals surface area (Å²) in [5.41, 5.74) is 2.53. The Balaban J connectivity index is 2.06. The van der Waals surface area contributed by atoms with Crippen LogP contribution in [-0.4, -0.2) is 16.7 Å². The zero-order valence-electron chi connectivity index (χ0n) is 7.18. The zero-order valence-corrected chi connectivity index (χ0v) is 8.89. The van der Waals surface area contributed by atoms with E-state index in [1.54, 1.807) is 11.9 Å². The van der Waals surface area contributed by atoms with Crippen LogP contribution in [-0.2, 0) is 6.42 Å². The summed E-state index contributed by atoms with van der Waals surface area (Å²) in [7, 11) is 0. The van der Waals surface area contributed by atoms with Gasteiger partial charge >= 0.3 is 0 Å². The van der Waals surface area contributed by atoms with Crippen molar-refractivity contribution < 1.29 is 0 Å². The molecule has 1 aromatic carbocycles. The largest absolute Gasteiger partial charge is 0.224 e. The summed E-state index contributed by atoms with van der Waals surface area (Å²) in [6, 6.07) is 10.4. The van der Waals surface area contributed by atoms with Crippen molar-refractivity contribution in [1.82, 2.24) is 0 Å². The van der Waals surface area contributed by atoms with E-state index in [4.69, 9.17) is 0 Å². The first-order chi connectivity index (χ1) is 6.36. The highest BCUT2D eigenvalue weighted by atomic mass is 32.2. The van der Waals surface area contributed by atoms with Gasteiger partial charge in [-0.1, -0.05) is 30.3 Å². The maximum atomic E-state index is 4.47. The second-order valence-corrected chi connectivity index (χ2v) is 4.45. The van der Waals surface area contributed by atoms with Gasteiger partial charge in [0.15, 0.2) is 0 Å². The standard InChI is InChI=1S/C10H11NS2/c12-10-7-13-11-9(10)6-8-4-2-1-3-5-8/h1-5,10,12H,6-7H2. The van der Waals surface area contributed by atoms with E-state index in [1.807, 2.05) is 6.07 Å². The summed E-state index contributed by atoms with van der Waals surface area (Å²) in [4.78, 5) is 0. The van der Waals surface area contributed by atoms with Gasteiger partial charge in [0, 0.05) is 17.9 Å². The summed E-state index contributed by atoms with van der Waals surface area (Å²) < 4.78 is 4.37. The fourth-order valence-electron chi connectivity index (χ4n) is 1.30. The molecule has 1 heterocycles. The molecule has 0 aliphatic carbocycles. The van der Waals surface area contributed by atoms with Gasteiger partial charge in [-0.05, 0) is 17.5 Å². The first kappa shape index (κ1) is 9.16. The molecule has 1 atom stereocenters. The fourth-order valence-corrected chi connectivity index (χ4v) is 2.50. The molecule has 0 spiro atoms. The first-order valence-corrected chi connectivity index (χ1v) is 5.73. The maximum absolute atomic E-state index is 4.47. The third-order valence-electron chi connectivity index (χ3n) is 2.03. The topological polar surface area (TPSA) is 12.4 Å². The number of nitrogens with zero attached hydrogens (tertiary/aromatic N) is 1. The minimum atomic E-state index is 0.352. The van der Waals surface area contributed by atoms with Crippen LogP contribution in [0.3, 0.4) is 0 Å². The molecule has 13 heavy (non-hydrogen) atoms. The molecule has 1 unspecified atom stereocenters. The van der Waals surface area contributed by atoms with Crippen LogP contribution in [0.2, 0.25) is 0 Å². The number of benzene rings is 1. The molecule has 0 fully saturated rings. The van der Waals surface area contributed by atoms with Gasteiger partial charge in [0.25, 0.3) is 0 Å². The van der Waals surface area contributed by atoms with Gasteiger partial charge in [0.1, 0.15) is 0 Å². The summed E-state index contributed by atoms with van der Waals surface area (Å²) in [5.74, 6) is 1.02. The van der Waals surface area contributed by atoms with E-state index in [1.165, 1.54) is 11.3 Å². The summed E-state index contributed by atoms with van der Waals surface area (Å²) in [6.07, 6.45) is 0.946. The monoisotopic (exact) mass is 209 g/mol. The predicted octanol–water partition coefficient (Wildman–Crippen LogP) is 2.63. The Hall–Kier alpha value is -0.410. The lowest BCUT2D eigenvalue weighted by Gasteiger charge is -2.04. The van der Waals surface area contributed by atoms with Crippen LogP contribution >= 0.6 is 24.6 Å². The molecule has 3 heteroatoms. The molecule has 1 aliphatic heterocycles. The molecule has 0 bridgehead atoms. The normalized spacial score (nSPS) is 21.6. The Morgan fingerprint density at radius 2 is 2.15 bits per heavy atom. The second kappa shape index (κ2) is 4.20. The van der Waals surface area contributed by atoms with Crippen molar-refractivity contribution in [1.29, 1.82) is 0 Å². The van der Waals surface area contributed by atoms with Crippen molar-refractivity contribution in [2.45, 2.75) is 11.7 Å². The van der Waals surface area contributed by atoms with E-state index in [0.29, 0.717) is 5.25 Å². The lowest BCUT2D eigenvalue weighted by molar-refractivity contribution is 1.25. The molecule has 68 valence electrons. The van der Waals surface area contributed by atoms with E-state index >= 15 is 0 Å². The molecule has 0 saturated heterocycles. The minimum Gasteiger partial charge on any atom is -0.224 e. The summed E-state index contributed by atoms with van der Waals surface area (Å²) in [5, 5.41) is 0.352. The van der Waals surface area contributed by atoms with Gasteiger partial charge in [-0.25, -0.2) is 4.40 Å². The van der Waals surface area contributed by atoms with Crippen molar-refractivity contribution >= 4 is 30.3 Å². The van der Waals surface area contributed by atoms with Gasteiger partial charge in [0.2, 0.25) is 0 Å². The SMILES string of the molecule is SC1CSN=C1Cc1ccccc1. The van der Waals surface area contributed by atoms with Crippen LogP contribution < -0.4 is 0 Å². The minimum absolute atomic E-state index is 0.352. The van der Waals surface area contributed by atoms with E-state index in [-0.39, 0.29) is 0 Å². The molecule has 1 nitrogen and oxygen atoms in total. The molecule has 0 aromatic heterocycles. The lowest BCUT2D eigenvalue weighted by Crippen LogP contribution is -2.14. The Morgan fingerprint density at radius 3 is 2.77 bits per heavy atom. The highest BCUT2D eigenvalue weighted by Gasteiger charge is 2.17. The van der Waals surface area contributed by atoms with Crippen LogP contribution in [0.25, 0.3) is 0 Å². The molecule has 0 saturated carbocycles. The van der Waals surface area contributed by atoms with Gasteiger partial charge in [-0.15, -0.1) is 0 Å². The third-order valence-corrected chi connectivity index (χ3v) is 3.60. The van der Waals surface area contributed by atoms with Crippen LogP contribution in [0.4, 0.5) is 0 Å². The van der Waals surface area contributed by atoms with E-state index in [0.717, 1.165) is 12.2 Å². The summed E-state index contributed by atoms with van der Waals surface area (Å²) in [6.45, 7) is 0. The Kier molecular flexibility index (Phi) is 2.96. The smallest absolute Gasteiger partial charge is 0.0519 e. The van der Waals surface area contributed by atoms with Gasteiger partial charge in [-0.2, -0.15) is 12.6 Å². The predicted molar refractivity (Wildman–Crippen MR) is 62.8 cm³/mol. The maximum Gasteiger partial charge on any atom is 0.0519 e. The van der Waals surface area contributed by atoms with Crippen LogP contribution in [0.1, 0.15) is 5.56 Å². The van der Waals surface area contributed by atoms with Crippen molar-refractivity contribution in [2.24, 2.45) is 4.40 Å².